The SMILES string of the molecule is CC1OCCC1CNCc1cn(C)nn1. The molecule has 0 saturated carbocycles. The van der Waals surface area contributed by atoms with Crippen molar-refractivity contribution in [3.05, 3.63) is 11.9 Å². The van der Waals surface area contributed by atoms with Gasteiger partial charge in [-0.3, -0.25) is 4.68 Å². The first kappa shape index (κ1) is 10.6. The molecule has 1 aromatic rings. The topological polar surface area (TPSA) is 52.0 Å². The molecule has 0 bridgehead atoms. The van der Waals surface area contributed by atoms with E-state index in [1.54, 1.807) is 4.68 Å². The highest BCUT2D eigenvalue weighted by Crippen LogP contribution is 2.19. The van der Waals surface area contributed by atoms with Gasteiger partial charge in [-0.05, 0) is 19.3 Å². The molecule has 1 aliphatic heterocycles. The van der Waals surface area contributed by atoms with Crippen molar-refractivity contribution in [3.63, 3.8) is 0 Å². The van der Waals surface area contributed by atoms with Crippen LogP contribution in [0.15, 0.2) is 6.20 Å². The van der Waals surface area contributed by atoms with Gasteiger partial charge < -0.3 is 10.1 Å². The summed E-state index contributed by atoms with van der Waals surface area (Å²) in [5.74, 6) is 0.640. The molecule has 1 N–H and O–H groups in total. The first-order valence-electron chi connectivity index (χ1n) is 5.43. The summed E-state index contributed by atoms with van der Waals surface area (Å²) in [5.41, 5.74) is 0.990. The minimum Gasteiger partial charge on any atom is -0.378 e. The zero-order valence-electron chi connectivity index (χ0n) is 9.31. The van der Waals surface area contributed by atoms with Crippen molar-refractivity contribution in [3.8, 4) is 0 Å². The van der Waals surface area contributed by atoms with Crippen molar-refractivity contribution in [1.29, 1.82) is 0 Å². The Hall–Kier alpha value is -0.940. The van der Waals surface area contributed by atoms with Crippen molar-refractivity contribution < 1.29 is 4.74 Å². The molecule has 0 amide bonds. The summed E-state index contributed by atoms with van der Waals surface area (Å²) in [6.45, 7) is 4.83. The molecule has 0 aliphatic carbocycles. The Morgan fingerprint density at radius 1 is 1.67 bits per heavy atom. The highest BCUT2D eigenvalue weighted by Gasteiger charge is 2.23. The van der Waals surface area contributed by atoms with Crippen LogP contribution >= 0.6 is 0 Å². The molecule has 0 spiro atoms. The van der Waals surface area contributed by atoms with Crippen molar-refractivity contribution in [2.45, 2.75) is 26.0 Å². The Morgan fingerprint density at radius 3 is 3.13 bits per heavy atom. The lowest BCUT2D eigenvalue weighted by Gasteiger charge is -2.13. The standard InChI is InChI=1S/C10H18N4O/c1-8-9(3-4-15-8)5-11-6-10-7-14(2)13-12-10/h7-9,11H,3-6H2,1-2H3. The van der Waals surface area contributed by atoms with Gasteiger partial charge in [-0.1, -0.05) is 5.21 Å². The third-order valence-electron chi connectivity index (χ3n) is 2.90. The van der Waals surface area contributed by atoms with E-state index in [2.05, 4.69) is 22.6 Å². The highest BCUT2D eigenvalue weighted by molar-refractivity contribution is 4.91. The number of rotatable bonds is 4. The fraction of sp³-hybridized carbons (Fsp3) is 0.800. The molecule has 5 nitrogen and oxygen atoms in total. The second-order valence-electron chi connectivity index (χ2n) is 4.14. The summed E-state index contributed by atoms with van der Waals surface area (Å²) in [6, 6.07) is 0. The Kier molecular flexibility index (Phi) is 3.33. The van der Waals surface area contributed by atoms with Crippen LogP contribution in [-0.4, -0.2) is 34.2 Å². The van der Waals surface area contributed by atoms with E-state index in [1.807, 2.05) is 13.2 Å². The lowest BCUT2D eigenvalue weighted by Crippen LogP contribution is -2.26. The molecule has 2 rings (SSSR count). The Bertz CT molecular complexity index is 312. The van der Waals surface area contributed by atoms with Crippen molar-refractivity contribution in [1.82, 2.24) is 20.3 Å². The number of hydrogen-bond acceptors (Lipinski definition) is 4. The van der Waals surface area contributed by atoms with E-state index in [4.69, 9.17) is 4.74 Å². The van der Waals surface area contributed by atoms with E-state index in [0.717, 1.165) is 31.8 Å². The van der Waals surface area contributed by atoms with Crippen LogP contribution < -0.4 is 5.32 Å². The number of aromatic nitrogens is 3. The maximum atomic E-state index is 5.50. The monoisotopic (exact) mass is 210 g/mol. The van der Waals surface area contributed by atoms with Crippen LogP contribution in [-0.2, 0) is 18.3 Å². The molecule has 1 saturated heterocycles. The molecular weight excluding hydrogens is 192 g/mol. The number of hydrogen-bond donors (Lipinski definition) is 1. The van der Waals surface area contributed by atoms with Gasteiger partial charge in [-0.25, -0.2) is 0 Å². The second-order valence-corrected chi connectivity index (χ2v) is 4.14. The van der Waals surface area contributed by atoms with Crippen LogP contribution in [0.5, 0.6) is 0 Å². The molecule has 5 heteroatoms. The maximum absolute atomic E-state index is 5.50. The molecule has 0 radical (unpaired) electrons. The van der Waals surface area contributed by atoms with E-state index in [9.17, 15) is 0 Å². The van der Waals surface area contributed by atoms with Crippen LogP contribution in [0, 0.1) is 5.92 Å². The van der Waals surface area contributed by atoms with Crippen LogP contribution in [0.3, 0.4) is 0 Å². The van der Waals surface area contributed by atoms with E-state index < -0.39 is 0 Å². The van der Waals surface area contributed by atoms with Gasteiger partial charge in [0.05, 0.1) is 11.8 Å². The van der Waals surface area contributed by atoms with Gasteiger partial charge in [-0.2, -0.15) is 0 Å². The Balaban J connectivity index is 1.70. The molecule has 15 heavy (non-hydrogen) atoms. The predicted octanol–water partition coefficient (Wildman–Crippen LogP) is 0.330. The quantitative estimate of drug-likeness (QED) is 0.778. The Labute approximate surface area is 89.8 Å². The summed E-state index contributed by atoms with van der Waals surface area (Å²) in [4.78, 5) is 0. The number of nitrogens with one attached hydrogen (secondary N) is 1. The molecule has 1 aliphatic rings. The molecule has 2 heterocycles. The normalized spacial score (nSPS) is 26.0. The van der Waals surface area contributed by atoms with E-state index in [1.165, 1.54) is 0 Å². The van der Waals surface area contributed by atoms with Crippen LogP contribution in [0.4, 0.5) is 0 Å². The fourth-order valence-corrected chi connectivity index (χ4v) is 1.91. The van der Waals surface area contributed by atoms with Gasteiger partial charge >= 0.3 is 0 Å². The zero-order chi connectivity index (χ0) is 10.7. The first-order chi connectivity index (χ1) is 7.25. The molecule has 2 atom stereocenters. The van der Waals surface area contributed by atoms with E-state index >= 15 is 0 Å². The predicted molar refractivity (Wildman–Crippen MR) is 56.2 cm³/mol. The lowest BCUT2D eigenvalue weighted by molar-refractivity contribution is 0.105. The molecular formula is C10H18N4O. The largest absolute Gasteiger partial charge is 0.378 e. The summed E-state index contributed by atoms with van der Waals surface area (Å²) in [5, 5.41) is 11.3. The third-order valence-corrected chi connectivity index (χ3v) is 2.90. The van der Waals surface area contributed by atoms with Crippen LogP contribution in [0.2, 0.25) is 0 Å². The van der Waals surface area contributed by atoms with Gasteiger partial charge in [0, 0.05) is 32.9 Å². The van der Waals surface area contributed by atoms with Gasteiger partial charge in [0.15, 0.2) is 0 Å². The molecule has 1 fully saturated rings. The van der Waals surface area contributed by atoms with Gasteiger partial charge in [0.2, 0.25) is 0 Å². The van der Waals surface area contributed by atoms with Crippen molar-refractivity contribution in [2.24, 2.45) is 13.0 Å². The summed E-state index contributed by atoms with van der Waals surface area (Å²) in [7, 11) is 1.88. The van der Waals surface area contributed by atoms with Gasteiger partial charge in [0.1, 0.15) is 0 Å². The summed E-state index contributed by atoms with van der Waals surface area (Å²) < 4.78 is 7.22. The zero-order valence-corrected chi connectivity index (χ0v) is 9.31. The number of aryl methyl sites for hydroxylation is 1. The molecule has 2 unspecified atom stereocenters. The van der Waals surface area contributed by atoms with Crippen LogP contribution in [0.25, 0.3) is 0 Å². The van der Waals surface area contributed by atoms with Gasteiger partial charge in [0.25, 0.3) is 0 Å². The molecule has 84 valence electrons. The van der Waals surface area contributed by atoms with E-state index in [0.29, 0.717) is 12.0 Å². The first-order valence-corrected chi connectivity index (χ1v) is 5.43. The van der Waals surface area contributed by atoms with Crippen LogP contribution in [0.1, 0.15) is 19.0 Å². The minimum absolute atomic E-state index is 0.388. The third kappa shape index (κ3) is 2.76. The van der Waals surface area contributed by atoms with Crippen molar-refractivity contribution >= 4 is 0 Å². The molecule has 0 aromatic carbocycles. The Morgan fingerprint density at radius 2 is 2.53 bits per heavy atom. The maximum Gasteiger partial charge on any atom is 0.0964 e. The lowest BCUT2D eigenvalue weighted by atomic mass is 10.0. The fourth-order valence-electron chi connectivity index (χ4n) is 1.91. The average molecular weight is 210 g/mol. The average Bonchev–Trinajstić information content (AvgIpc) is 2.77. The number of ether oxygens (including phenoxy) is 1. The minimum atomic E-state index is 0.388. The smallest absolute Gasteiger partial charge is 0.0964 e. The van der Waals surface area contributed by atoms with E-state index in [-0.39, 0.29) is 0 Å². The van der Waals surface area contributed by atoms with Gasteiger partial charge in [-0.15, -0.1) is 5.10 Å². The summed E-state index contributed by atoms with van der Waals surface area (Å²) >= 11 is 0. The molecule has 1 aromatic heterocycles. The number of nitrogens with zero attached hydrogens (tertiary/aromatic N) is 3. The van der Waals surface area contributed by atoms with Crippen molar-refractivity contribution in [2.75, 3.05) is 13.2 Å². The highest BCUT2D eigenvalue weighted by atomic mass is 16.5. The second kappa shape index (κ2) is 4.72. The summed E-state index contributed by atoms with van der Waals surface area (Å²) in [6.07, 6.45) is 3.48.